The Morgan fingerprint density at radius 3 is 2.53 bits per heavy atom. The van der Waals surface area contributed by atoms with Crippen LogP contribution in [0.15, 0.2) is 0 Å². The second kappa shape index (κ2) is 7.69. The standard InChI is InChI=1S/C12H20BrNO3/c1-2-3-8-17-12(16)14-6-4-10(5-7-14)9-11(13)15/h10H,2-9H2,1H3. The van der Waals surface area contributed by atoms with Gasteiger partial charge in [0.1, 0.15) is 0 Å². The van der Waals surface area contributed by atoms with Crippen molar-refractivity contribution in [2.75, 3.05) is 19.7 Å². The number of hydrogen-bond donors (Lipinski definition) is 0. The van der Waals surface area contributed by atoms with Gasteiger partial charge in [-0.1, -0.05) is 13.3 Å². The van der Waals surface area contributed by atoms with Crippen molar-refractivity contribution in [3.63, 3.8) is 0 Å². The molecule has 0 N–H and O–H groups in total. The molecular formula is C12H20BrNO3. The van der Waals surface area contributed by atoms with Gasteiger partial charge in [-0.2, -0.15) is 0 Å². The number of amides is 1. The molecule has 1 heterocycles. The Morgan fingerprint density at radius 2 is 2.00 bits per heavy atom. The summed E-state index contributed by atoms with van der Waals surface area (Å²) in [5, 5.41) is 0. The van der Waals surface area contributed by atoms with Gasteiger partial charge in [0.15, 0.2) is 4.69 Å². The summed E-state index contributed by atoms with van der Waals surface area (Å²) in [4.78, 5) is 24.3. The van der Waals surface area contributed by atoms with Crippen molar-refractivity contribution in [1.82, 2.24) is 4.90 Å². The molecule has 1 aliphatic heterocycles. The number of unbranched alkanes of at least 4 members (excludes halogenated alkanes) is 1. The van der Waals surface area contributed by atoms with E-state index in [1.54, 1.807) is 4.90 Å². The van der Waals surface area contributed by atoms with E-state index in [1.165, 1.54) is 0 Å². The minimum Gasteiger partial charge on any atom is -0.449 e. The molecule has 0 unspecified atom stereocenters. The summed E-state index contributed by atoms with van der Waals surface area (Å²) < 4.78 is 5.21. The molecule has 98 valence electrons. The highest BCUT2D eigenvalue weighted by molar-refractivity contribution is 9.18. The van der Waals surface area contributed by atoms with E-state index < -0.39 is 0 Å². The minimum absolute atomic E-state index is 0.0569. The molecule has 1 amide bonds. The highest BCUT2D eigenvalue weighted by Gasteiger charge is 2.24. The van der Waals surface area contributed by atoms with Gasteiger partial charge >= 0.3 is 6.09 Å². The maximum atomic E-state index is 11.6. The monoisotopic (exact) mass is 305 g/mol. The molecule has 4 nitrogen and oxygen atoms in total. The Morgan fingerprint density at radius 1 is 1.35 bits per heavy atom. The van der Waals surface area contributed by atoms with Crippen molar-refractivity contribution < 1.29 is 14.3 Å². The SMILES string of the molecule is CCCCOC(=O)N1CCC(CC(=O)Br)CC1. The van der Waals surface area contributed by atoms with Gasteiger partial charge in [0.25, 0.3) is 0 Å². The van der Waals surface area contributed by atoms with Crippen molar-refractivity contribution in [2.24, 2.45) is 5.92 Å². The van der Waals surface area contributed by atoms with Crippen LogP contribution in [0, 0.1) is 5.92 Å². The summed E-state index contributed by atoms with van der Waals surface area (Å²) in [7, 11) is 0. The van der Waals surface area contributed by atoms with Crippen LogP contribution >= 0.6 is 15.9 Å². The van der Waals surface area contributed by atoms with E-state index in [1.807, 2.05) is 0 Å². The van der Waals surface area contributed by atoms with Gasteiger partial charge in [-0.3, -0.25) is 4.79 Å². The van der Waals surface area contributed by atoms with Crippen molar-refractivity contribution in [3.05, 3.63) is 0 Å². The number of halogens is 1. The highest BCUT2D eigenvalue weighted by atomic mass is 79.9. The Bertz CT molecular complexity index is 262. The predicted octanol–water partition coefficient (Wildman–Crippen LogP) is 2.95. The smallest absolute Gasteiger partial charge is 0.409 e. The van der Waals surface area contributed by atoms with E-state index in [0.717, 1.165) is 25.7 Å². The van der Waals surface area contributed by atoms with Gasteiger partial charge in [0.2, 0.25) is 0 Å². The highest BCUT2D eigenvalue weighted by Crippen LogP contribution is 2.22. The molecule has 1 aliphatic rings. The Balaban J connectivity index is 2.21. The zero-order chi connectivity index (χ0) is 12.7. The number of hydrogen-bond acceptors (Lipinski definition) is 3. The molecule has 0 saturated carbocycles. The lowest BCUT2D eigenvalue weighted by atomic mass is 9.94. The average Bonchev–Trinajstić information content (AvgIpc) is 2.29. The summed E-state index contributed by atoms with van der Waals surface area (Å²) in [5.41, 5.74) is 0. The summed E-state index contributed by atoms with van der Waals surface area (Å²) in [6.07, 6.45) is 4.09. The molecule has 0 spiro atoms. The van der Waals surface area contributed by atoms with Crippen LogP contribution < -0.4 is 0 Å². The van der Waals surface area contributed by atoms with E-state index in [4.69, 9.17) is 4.74 Å². The lowest BCUT2D eigenvalue weighted by Gasteiger charge is -2.30. The van der Waals surface area contributed by atoms with Crippen LogP contribution in [0.25, 0.3) is 0 Å². The third kappa shape index (κ3) is 5.52. The molecule has 1 rings (SSSR count). The fourth-order valence-corrected chi connectivity index (χ4v) is 2.40. The first-order chi connectivity index (χ1) is 8.13. The maximum Gasteiger partial charge on any atom is 0.409 e. The molecule has 1 saturated heterocycles. The molecule has 0 aromatic carbocycles. The third-order valence-electron chi connectivity index (χ3n) is 3.05. The minimum atomic E-state index is -0.206. The molecule has 0 aromatic rings. The van der Waals surface area contributed by atoms with Gasteiger partial charge in [-0.25, -0.2) is 4.79 Å². The molecular weight excluding hydrogens is 286 g/mol. The largest absolute Gasteiger partial charge is 0.449 e. The first-order valence-electron chi connectivity index (χ1n) is 6.23. The summed E-state index contributed by atoms with van der Waals surface area (Å²) in [6, 6.07) is 0. The number of piperidine rings is 1. The van der Waals surface area contributed by atoms with Crippen LogP contribution in [0.3, 0.4) is 0 Å². The first kappa shape index (κ1) is 14.5. The van der Waals surface area contributed by atoms with Crippen LogP contribution in [0.2, 0.25) is 0 Å². The third-order valence-corrected chi connectivity index (χ3v) is 3.37. The molecule has 0 atom stereocenters. The number of nitrogens with zero attached hydrogens (tertiary/aromatic N) is 1. The molecule has 0 bridgehead atoms. The summed E-state index contributed by atoms with van der Waals surface area (Å²) in [6.45, 7) is 3.98. The van der Waals surface area contributed by atoms with Crippen LogP contribution in [0.1, 0.15) is 39.0 Å². The summed E-state index contributed by atoms with van der Waals surface area (Å²) in [5.74, 6) is 0.404. The fourth-order valence-electron chi connectivity index (χ4n) is 1.94. The molecule has 17 heavy (non-hydrogen) atoms. The van der Waals surface area contributed by atoms with E-state index in [0.29, 0.717) is 32.0 Å². The molecule has 0 aliphatic carbocycles. The van der Waals surface area contributed by atoms with E-state index >= 15 is 0 Å². The normalized spacial score (nSPS) is 16.9. The van der Waals surface area contributed by atoms with Gasteiger partial charge < -0.3 is 9.64 Å². The first-order valence-corrected chi connectivity index (χ1v) is 7.02. The Hall–Kier alpha value is -0.580. The van der Waals surface area contributed by atoms with Gasteiger partial charge in [-0.15, -0.1) is 0 Å². The van der Waals surface area contributed by atoms with Crippen LogP contribution in [0.5, 0.6) is 0 Å². The zero-order valence-corrected chi connectivity index (χ0v) is 11.9. The quantitative estimate of drug-likeness (QED) is 0.579. The van der Waals surface area contributed by atoms with E-state index in [9.17, 15) is 9.59 Å². The predicted molar refractivity (Wildman–Crippen MR) is 69.1 cm³/mol. The van der Waals surface area contributed by atoms with E-state index in [2.05, 4.69) is 22.9 Å². The van der Waals surface area contributed by atoms with Crippen LogP contribution in [-0.2, 0) is 9.53 Å². The van der Waals surface area contributed by atoms with E-state index in [-0.39, 0.29) is 10.8 Å². The van der Waals surface area contributed by atoms with Crippen LogP contribution in [0.4, 0.5) is 4.79 Å². The number of ether oxygens (including phenoxy) is 1. The molecule has 1 fully saturated rings. The van der Waals surface area contributed by atoms with Crippen molar-refractivity contribution in [2.45, 2.75) is 39.0 Å². The summed E-state index contributed by atoms with van der Waals surface area (Å²) >= 11 is 2.95. The second-order valence-electron chi connectivity index (χ2n) is 4.46. The topological polar surface area (TPSA) is 46.6 Å². The lowest BCUT2D eigenvalue weighted by Crippen LogP contribution is -2.39. The molecule has 0 aromatic heterocycles. The maximum absolute atomic E-state index is 11.6. The second-order valence-corrected chi connectivity index (χ2v) is 5.34. The van der Waals surface area contributed by atoms with Crippen molar-refractivity contribution in [3.8, 4) is 0 Å². The van der Waals surface area contributed by atoms with Gasteiger partial charge in [0.05, 0.1) is 6.61 Å². The molecule has 0 radical (unpaired) electrons. The molecule has 5 heteroatoms. The van der Waals surface area contributed by atoms with Crippen molar-refractivity contribution >= 4 is 26.7 Å². The van der Waals surface area contributed by atoms with Crippen LogP contribution in [-0.4, -0.2) is 35.4 Å². The van der Waals surface area contributed by atoms with Gasteiger partial charge in [0, 0.05) is 19.5 Å². The number of carbonyl (C=O) groups is 2. The van der Waals surface area contributed by atoms with Crippen molar-refractivity contribution in [1.29, 1.82) is 0 Å². The number of rotatable bonds is 5. The lowest BCUT2D eigenvalue weighted by molar-refractivity contribution is -0.111. The number of likely N-dealkylation sites (tertiary alicyclic amines) is 1. The fraction of sp³-hybridized carbons (Fsp3) is 0.833. The van der Waals surface area contributed by atoms with Gasteiger partial charge in [-0.05, 0) is 41.1 Å². The zero-order valence-electron chi connectivity index (χ0n) is 10.3. The number of carbonyl (C=O) groups excluding carboxylic acids is 2. The average molecular weight is 306 g/mol. The Kier molecular flexibility index (Phi) is 6.55. The Labute approximate surface area is 111 Å².